The molecule has 0 fully saturated rings. The minimum absolute atomic E-state index is 0.487. The van der Waals surface area contributed by atoms with Gasteiger partial charge in [-0.15, -0.1) is 0 Å². The Balaban J connectivity index is 1.96. The number of anilines is 1. The van der Waals surface area contributed by atoms with Crippen LogP contribution in [0, 0.1) is 0 Å². The summed E-state index contributed by atoms with van der Waals surface area (Å²) in [5.41, 5.74) is 7.89. The fourth-order valence-corrected chi connectivity index (χ4v) is 1.70. The average molecular weight is 266 g/mol. The van der Waals surface area contributed by atoms with Crippen LogP contribution in [0.3, 0.4) is 0 Å². The number of hydrogen-bond donors (Lipinski definition) is 2. The summed E-state index contributed by atoms with van der Waals surface area (Å²) in [5.74, 6) is 0.487. The number of H-pyrrole nitrogens is 1. The first-order valence-corrected chi connectivity index (χ1v) is 5.57. The molecule has 4 heteroatoms. The second kappa shape index (κ2) is 4.49. The molecule has 2 aromatic rings. The first kappa shape index (κ1) is 10.2. The molecule has 1 aromatic heterocycles. The van der Waals surface area contributed by atoms with Crippen LogP contribution in [0.4, 0.5) is 5.95 Å². The lowest BCUT2D eigenvalue weighted by molar-refractivity contribution is 0.926. The number of aromatic nitrogens is 2. The molecule has 0 aliphatic heterocycles. The smallest absolute Gasteiger partial charge is 0.197 e. The maximum absolute atomic E-state index is 5.49. The van der Waals surface area contributed by atoms with E-state index in [1.165, 1.54) is 5.56 Å². The summed E-state index contributed by atoms with van der Waals surface area (Å²) in [5, 5.41) is 0. The number of aromatic amines is 1. The van der Waals surface area contributed by atoms with Gasteiger partial charge in [0.25, 0.3) is 0 Å². The minimum atomic E-state index is 0.487. The van der Waals surface area contributed by atoms with E-state index in [1.54, 1.807) is 6.20 Å². The Hall–Kier alpha value is -1.29. The fourth-order valence-electron chi connectivity index (χ4n) is 1.43. The van der Waals surface area contributed by atoms with Gasteiger partial charge in [0.2, 0.25) is 0 Å². The summed E-state index contributed by atoms with van der Waals surface area (Å²) in [6.45, 7) is 0. The van der Waals surface area contributed by atoms with Crippen LogP contribution in [0.5, 0.6) is 0 Å². The highest BCUT2D eigenvalue weighted by molar-refractivity contribution is 9.10. The first-order valence-electron chi connectivity index (χ1n) is 4.78. The van der Waals surface area contributed by atoms with E-state index in [0.29, 0.717) is 5.95 Å². The van der Waals surface area contributed by atoms with Crippen LogP contribution in [0.15, 0.2) is 34.9 Å². The number of halogens is 1. The molecule has 3 nitrogen and oxygen atoms in total. The molecule has 78 valence electrons. The van der Waals surface area contributed by atoms with E-state index in [0.717, 1.165) is 23.0 Å². The molecular weight excluding hydrogens is 254 g/mol. The van der Waals surface area contributed by atoms with Gasteiger partial charge in [0.05, 0.1) is 6.20 Å². The molecule has 0 saturated heterocycles. The van der Waals surface area contributed by atoms with Crippen LogP contribution >= 0.6 is 15.9 Å². The molecule has 0 amide bonds. The maximum atomic E-state index is 5.49. The van der Waals surface area contributed by atoms with E-state index in [2.05, 4.69) is 50.2 Å². The van der Waals surface area contributed by atoms with Gasteiger partial charge >= 0.3 is 0 Å². The largest absolute Gasteiger partial charge is 0.369 e. The quantitative estimate of drug-likeness (QED) is 0.896. The van der Waals surface area contributed by atoms with Crippen molar-refractivity contribution in [3.63, 3.8) is 0 Å². The predicted octanol–water partition coefficient (Wildman–Crippen LogP) is 2.54. The number of nitrogens with zero attached hydrogens (tertiary/aromatic N) is 1. The van der Waals surface area contributed by atoms with E-state index in [-0.39, 0.29) is 0 Å². The molecule has 0 unspecified atom stereocenters. The first-order chi connectivity index (χ1) is 7.24. The van der Waals surface area contributed by atoms with Crippen molar-refractivity contribution in [2.24, 2.45) is 0 Å². The van der Waals surface area contributed by atoms with E-state index in [9.17, 15) is 0 Å². The van der Waals surface area contributed by atoms with E-state index >= 15 is 0 Å². The molecule has 0 atom stereocenters. The van der Waals surface area contributed by atoms with Gasteiger partial charge in [-0.2, -0.15) is 0 Å². The SMILES string of the molecule is Nc1ncc(CCc2ccc(Br)cc2)[nH]1. The third-order valence-corrected chi connectivity index (χ3v) is 2.77. The number of nitrogens with one attached hydrogen (secondary N) is 1. The van der Waals surface area contributed by atoms with Gasteiger partial charge in [-0.25, -0.2) is 4.98 Å². The third-order valence-electron chi connectivity index (χ3n) is 2.24. The van der Waals surface area contributed by atoms with Crippen molar-refractivity contribution >= 4 is 21.9 Å². The third kappa shape index (κ3) is 2.83. The Morgan fingerprint density at radius 2 is 1.93 bits per heavy atom. The van der Waals surface area contributed by atoms with Crippen LogP contribution in [0.1, 0.15) is 11.3 Å². The summed E-state index contributed by atoms with van der Waals surface area (Å²) in [6.07, 6.45) is 3.72. The van der Waals surface area contributed by atoms with Crippen molar-refractivity contribution < 1.29 is 0 Å². The van der Waals surface area contributed by atoms with Crippen LogP contribution in [0.2, 0.25) is 0 Å². The van der Waals surface area contributed by atoms with Crippen LogP contribution < -0.4 is 5.73 Å². The fraction of sp³-hybridized carbons (Fsp3) is 0.182. The van der Waals surface area contributed by atoms with Gasteiger partial charge < -0.3 is 10.7 Å². The zero-order chi connectivity index (χ0) is 10.7. The highest BCUT2D eigenvalue weighted by atomic mass is 79.9. The lowest BCUT2D eigenvalue weighted by atomic mass is 10.1. The summed E-state index contributed by atoms with van der Waals surface area (Å²) >= 11 is 3.41. The van der Waals surface area contributed by atoms with Gasteiger partial charge in [-0.3, -0.25) is 0 Å². The molecule has 0 aliphatic rings. The zero-order valence-electron chi connectivity index (χ0n) is 8.20. The van der Waals surface area contributed by atoms with Gasteiger partial charge in [-0.1, -0.05) is 28.1 Å². The number of imidazole rings is 1. The molecule has 2 rings (SSSR count). The van der Waals surface area contributed by atoms with Crippen molar-refractivity contribution in [3.8, 4) is 0 Å². The van der Waals surface area contributed by atoms with Crippen LogP contribution in [-0.2, 0) is 12.8 Å². The molecule has 1 aromatic carbocycles. The van der Waals surface area contributed by atoms with Gasteiger partial charge in [0, 0.05) is 10.2 Å². The number of benzene rings is 1. The Kier molecular flexibility index (Phi) is 3.06. The van der Waals surface area contributed by atoms with Gasteiger partial charge in [-0.05, 0) is 30.5 Å². The molecule has 15 heavy (non-hydrogen) atoms. The summed E-state index contributed by atoms with van der Waals surface area (Å²) in [6, 6.07) is 8.33. The normalized spacial score (nSPS) is 10.5. The van der Waals surface area contributed by atoms with Crippen LogP contribution in [-0.4, -0.2) is 9.97 Å². The number of nitrogens with two attached hydrogens (primary N) is 1. The van der Waals surface area contributed by atoms with Gasteiger partial charge in [0.15, 0.2) is 5.95 Å². The van der Waals surface area contributed by atoms with Crippen molar-refractivity contribution in [2.45, 2.75) is 12.8 Å². The Labute approximate surface area is 96.9 Å². The minimum Gasteiger partial charge on any atom is -0.369 e. The summed E-state index contributed by atoms with van der Waals surface area (Å²) < 4.78 is 1.11. The average Bonchev–Trinajstić information content (AvgIpc) is 2.64. The monoisotopic (exact) mass is 265 g/mol. The highest BCUT2D eigenvalue weighted by Crippen LogP contribution is 2.12. The van der Waals surface area contributed by atoms with Crippen molar-refractivity contribution in [1.29, 1.82) is 0 Å². The summed E-state index contributed by atoms with van der Waals surface area (Å²) in [7, 11) is 0. The molecule has 0 saturated carbocycles. The van der Waals surface area contributed by atoms with Crippen molar-refractivity contribution in [1.82, 2.24) is 9.97 Å². The second-order valence-corrected chi connectivity index (χ2v) is 4.34. The molecule has 0 aliphatic carbocycles. The standard InChI is InChI=1S/C11H12BrN3/c12-9-4-1-8(2-5-9)3-6-10-7-14-11(13)15-10/h1-2,4-5,7H,3,6H2,(H3,13,14,15). The molecule has 3 N–H and O–H groups in total. The van der Waals surface area contributed by atoms with E-state index < -0.39 is 0 Å². The zero-order valence-corrected chi connectivity index (χ0v) is 9.79. The Bertz CT molecular complexity index is 433. The Morgan fingerprint density at radius 3 is 2.53 bits per heavy atom. The lowest BCUT2D eigenvalue weighted by Gasteiger charge is -1.99. The topological polar surface area (TPSA) is 54.7 Å². The number of nitrogen functional groups attached to an aromatic ring is 1. The number of hydrogen-bond acceptors (Lipinski definition) is 2. The summed E-state index contributed by atoms with van der Waals surface area (Å²) in [4.78, 5) is 6.97. The molecular formula is C11H12BrN3. The molecule has 0 spiro atoms. The molecule has 0 bridgehead atoms. The highest BCUT2D eigenvalue weighted by Gasteiger charge is 1.98. The molecule has 0 radical (unpaired) electrons. The number of rotatable bonds is 3. The van der Waals surface area contributed by atoms with Crippen molar-refractivity contribution in [3.05, 3.63) is 46.2 Å². The lowest BCUT2D eigenvalue weighted by Crippen LogP contribution is -1.92. The second-order valence-electron chi connectivity index (χ2n) is 3.42. The Morgan fingerprint density at radius 1 is 1.20 bits per heavy atom. The van der Waals surface area contributed by atoms with Crippen molar-refractivity contribution in [2.75, 3.05) is 5.73 Å². The number of aryl methyl sites for hydroxylation is 2. The van der Waals surface area contributed by atoms with Gasteiger partial charge in [0.1, 0.15) is 0 Å². The van der Waals surface area contributed by atoms with Crippen LogP contribution in [0.25, 0.3) is 0 Å². The van der Waals surface area contributed by atoms with E-state index in [1.807, 2.05) is 0 Å². The molecule has 1 heterocycles. The van der Waals surface area contributed by atoms with E-state index in [4.69, 9.17) is 5.73 Å². The predicted molar refractivity (Wildman–Crippen MR) is 64.6 cm³/mol. The maximum Gasteiger partial charge on any atom is 0.197 e.